The van der Waals surface area contributed by atoms with Crippen LogP contribution in [0.2, 0.25) is 0 Å². The molecule has 196 valence electrons. The number of benzene rings is 1. The molecule has 1 aromatic carbocycles. The molecule has 1 unspecified atom stereocenters. The molecule has 0 bridgehead atoms. The Bertz CT molecular complexity index is 1050. The fraction of sp³-hybridized carbons (Fsp3) is 0.548. The van der Waals surface area contributed by atoms with Gasteiger partial charge < -0.3 is 10.2 Å². The van der Waals surface area contributed by atoms with Gasteiger partial charge in [-0.25, -0.2) is 9.38 Å². The van der Waals surface area contributed by atoms with E-state index in [1.807, 2.05) is 52.8 Å². The number of hydrogen-bond acceptors (Lipinski definition) is 4. The van der Waals surface area contributed by atoms with E-state index < -0.39 is 5.54 Å². The summed E-state index contributed by atoms with van der Waals surface area (Å²) in [6.07, 6.45) is 14.9. The number of rotatable bonds is 8. The van der Waals surface area contributed by atoms with Crippen molar-refractivity contribution >= 4 is 11.4 Å². The molecule has 2 fully saturated rings. The van der Waals surface area contributed by atoms with Crippen LogP contribution in [0.1, 0.15) is 89.3 Å². The molecule has 1 aromatic rings. The Labute approximate surface area is 218 Å². The average molecular weight is 493 g/mol. The Hall–Kier alpha value is -2.69. The van der Waals surface area contributed by atoms with E-state index in [1.54, 1.807) is 13.0 Å². The van der Waals surface area contributed by atoms with Gasteiger partial charge in [0.1, 0.15) is 17.2 Å². The maximum Gasteiger partial charge on any atom is 0.128 e. The van der Waals surface area contributed by atoms with E-state index >= 15 is 0 Å². The van der Waals surface area contributed by atoms with Crippen molar-refractivity contribution < 1.29 is 4.39 Å². The predicted molar refractivity (Wildman–Crippen MR) is 152 cm³/mol. The zero-order chi connectivity index (χ0) is 26.3. The Morgan fingerprint density at radius 2 is 1.78 bits per heavy atom. The van der Waals surface area contributed by atoms with Crippen LogP contribution in [-0.2, 0) is 5.54 Å². The van der Waals surface area contributed by atoms with Crippen molar-refractivity contribution in [3.05, 3.63) is 71.0 Å². The third-order valence-corrected chi connectivity index (χ3v) is 7.37. The molecule has 4 nitrogen and oxygen atoms in total. The molecule has 0 aromatic heterocycles. The third-order valence-electron chi connectivity index (χ3n) is 7.37. The standard InChI is InChI=1S/C29H39FN4.C2H6/c1-20-17-21(2)26(30)19-25(20)29(5)27(33-29)14-13-22(3)31-28(32-24-11-7-6-8-12-24)18-23(4)34-15-9-10-16-34;1-2/h13-14,17-19,24,32H,4,6-12,15-16H2,1-3,5H3;1-2H3/b14-13+,28-18+,31-22+;. The Morgan fingerprint density at radius 1 is 1.11 bits per heavy atom. The second kappa shape index (κ2) is 12.5. The zero-order valence-electron chi connectivity index (χ0n) is 23.3. The van der Waals surface area contributed by atoms with Crippen LogP contribution in [0.3, 0.4) is 0 Å². The number of nitrogens with zero attached hydrogens (tertiary/aromatic N) is 3. The number of nitrogens with one attached hydrogen (secondary N) is 1. The highest BCUT2D eigenvalue weighted by atomic mass is 19.1. The molecule has 0 amide bonds. The van der Waals surface area contributed by atoms with Crippen LogP contribution in [0, 0.1) is 19.7 Å². The molecular formula is C31H45FN4. The molecule has 2 heterocycles. The first-order valence-corrected chi connectivity index (χ1v) is 13.8. The normalized spacial score (nSPS) is 22.9. The van der Waals surface area contributed by atoms with Crippen molar-refractivity contribution in [2.24, 2.45) is 9.98 Å². The quantitative estimate of drug-likeness (QED) is 0.301. The smallest absolute Gasteiger partial charge is 0.128 e. The first-order chi connectivity index (χ1) is 17.3. The van der Waals surface area contributed by atoms with Crippen molar-refractivity contribution in [2.45, 2.75) is 98.1 Å². The molecule has 0 spiro atoms. The molecule has 1 aliphatic carbocycles. The lowest BCUT2D eigenvalue weighted by Crippen LogP contribution is -2.30. The van der Waals surface area contributed by atoms with Crippen LogP contribution in [0.15, 0.2) is 58.4 Å². The van der Waals surface area contributed by atoms with E-state index in [9.17, 15) is 4.39 Å². The third kappa shape index (κ3) is 6.96. The molecule has 2 aliphatic heterocycles. The minimum absolute atomic E-state index is 0.174. The van der Waals surface area contributed by atoms with Crippen LogP contribution >= 0.6 is 0 Å². The average Bonchev–Trinajstić information content (AvgIpc) is 3.24. The Kier molecular flexibility index (Phi) is 9.69. The van der Waals surface area contributed by atoms with Crippen LogP contribution in [0.5, 0.6) is 0 Å². The monoisotopic (exact) mass is 492 g/mol. The van der Waals surface area contributed by atoms with E-state index in [-0.39, 0.29) is 5.82 Å². The molecule has 1 saturated heterocycles. The minimum Gasteiger partial charge on any atom is -0.372 e. The Morgan fingerprint density at radius 3 is 2.44 bits per heavy atom. The van der Waals surface area contributed by atoms with Crippen LogP contribution in [-0.4, -0.2) is 35.5 Å². The van der Waals surface area contributed by atoms with E-state index in [2.05, 4.69) is 22.9 Å². The summed E-state index contributed by atoms with van der Waals surface area (Å²) in [5.41, 5.74) is 5.14. The van der Waals surface area contributed by atoms with Gasteiger partial charge in [0.15, 0.2) is 0 Å². The second-order valence-corrected chi connectivity index (χ2v) is 10.3. The lowest BCUT2D eigenvalue weighted by atomic mass is 9.90. The first-order valence-electron chi connectivity index (χ1n) is 13.8. The van der Waals surface area contributed by atoms with Crippen LogP contribution in [0.4, 0.5) is 4.39 Å². The van der Waals surface area contributed by atoms with Crippen molar-refractivity contribution in [1.82, 2.24) is 10.2 Å². The molecular weight excluding hydrogens is 447 g/mol. The zero-order valence-corrected chi connectivity index (χ0v) is 23.3. The van der Waals surface area contributed by atoms with Gasteiger partial charge in [0.2, 0.25) is 0 Å². The second-order valence-electron chi connectivity index (χ2n) is 10.3. The number of aryl methyl sites for hydroxylation is 2. The van der Waals surface area contributed by atoms with Crippen molar-refractivity contribution in [3.8, 4) is 0 Å². The lowest BCUT2D eigenvalue weighted by Gasteiger charge is -2.25. The molecule has 3 aliphatic rings. The summed E-state index contributed by atoms with van der Waals surface area (Å²) >= 11 is 0. The van der Waals surface area contributed by atoms with Gasteiger partial charge in [-0.2, -0.15) is 0 Å². The SMILES string of the molecule is C=C(\C=C(/N=C(C)/C=C/C1=NC1(C)c1cc(F)c(C)cc1C)NC1CCCCC1)N1CCCC1.CC. The van der Waals surface area contributed by atoms with E-state index in [0.29, 0.717) is 11.6 Å². The van der Waals surface area contributed by atoms with Crippen LogP contribution in [0.25, 0.3) is 0 Å². The van der Waals surface area contributed by atoms with Gasteiger partial charge in [-0.1, -0.05) is 45.8 Å². The summed E-state index contributed by atoms with van der Waals surface area (Å²) in [5, 5.41) is 3.69. The summed E-state index contributed by atoms with van der Waals surface area (Å²) in [7, 11) is 0. The fourth-order valence-corrected chi connectivity index (χ4v) is 5.20. The highest BCUT2D eigenvalue weighted by molar-refractivity contribution is 6.15. The fourth-order valence-electron chi connectivity index (χ4n) is 5.20. The maximum atomic E-state index is 14.2. The number of aliphatic imine (C=N–C) groups is 2. The summed E-state index contributed by atoms with van der Waals surface area (Å²) in [6.45, 7) is 18.3. The topological polar surface area (TPSA) is 40.0 Å². The van der Waals surface area contributed by atoms with Crippen LogP contribution < -0.4 is 5.32 Å². The Balaban J connectivity index is 0.00000176. The highest BCUT2D eigenvalue weighted by Gasteiger charge is 2.43. The van der Waals surface area contributed by atoms with Gasteiger partial charge in [0.25, 0.3) is 0 Å². The summed E-state index contributed by atoms with van der Waals surface area (Å²) < 4.78 is 14.2. The highest BCUT2D eigenvalue weighted by Crippen LogP contribution is 2.41. The summed E-state index contributed by atoms with van der Waals surface area (Å²) in [6, 6.07) is 4.01. The molecule has 1 atom stereocenters. The molecule has 5 heteroatoms. The molecule has 1 N–H and O–H groups in total. The van der Waals surface area contributed by atoms with Gasteiger partial charge in [0.05, 0.1) is 5.71 Å². The van der Waals surface area contributed by atoms with E-state index in [4.69, 9.17) is 9.98 Å². The van der Waals surface area contributed by atoms with Crippen molar-refractivity contribution in [3.63, 3.8) is 0 Å². The van der Waals surface area contributed by atoms with E-state index in [0.717, 1.165) is 47.2 Å². The number of halogens is 1. The minimum atomic E-state index is -0.446. The molecule has 36 heavy (non-hydrogen) atoms. The molecule has 4 rings (SSSR count). The first kappa shape index (κ1) is 27.9. The number of allylic oxidation sites excluding steroid dienone is 2. The largest absolute Gasteiger partial charge is 0.372 e. The molecule has 0 radical (unpaired) electrons. The van der Waals surface area contributed by atoms with Gasteiger partial charge in [0, 0.05) is 36.6 Å². The van der Waals surface area contributed by atoms with Gasteiger partial charge >= 0.3 is 0 Å². The lowest BCUT2D eigenvalue weighted by molar-refractivity contribution is 0.394. The van der Waals surface area contributed by atoms with E-state index in [1.165, 1.54) is 44.9 Å². The molecule has 1 saturated carbocycles. The van der Waals surface area contributed by atoms with Crippen molar-refractivity contribution in [2.75, 3.05) is 13.1 Å². The number of likely N-dealkylation sites (tertiary alicyclic amines) is 1. The summed E-state index contributed by atoms with van der Waals surface area (Å²) in [4.78, 5) is 12.0. The number of hydrogen-bond donors (Lipinski definition) is 1. The van der Waals surface area contributed by atoms with Gasteiger partial charge in [-0.3, -0.25) is 4.99 Å². The predicted octanol–water partition coefficient (Wildman–Crippen LogP) is 7.53. The van der Waals surface area contributed by atoms with Crippen molar-refractivity contribution in [1.29, 1.82) is 0 Å². The summed E-state index contributed by atoms with van der Waals surface area (Å²) in [5.74, 6) is 0.717. The maximum absolute atomic E-state index is 14.2. The van der Waals surface area contributed by atoms with Gasteiger partial charge in [-0.05, 0) is 88.3 Å². The van der Waals surface area contributed by atoms with Gasteiger partial charge in [-0.15, -0.1) is 0 Å².